The number of benzene rings is 1. The zero-order valence-electron chi connectivity index (χ0n) is 14.1. The smallest absolute Gasteiger partial charge is 0.278 e. The van der Waals surface area contributed by atoms with Gasteiger partial charge in [-0.2, -0.15) is 5.10 Å². The van der Waals surface area contributed by atoms with Crippen LogP contribution >= 0.6 is 0 Å². The number of nitrogens with zero attached hydrogens (tertiary/aromatic N) is 4. The lowest BCUT2D eigenvalue weighted by molar-refractivity contribution is 0.0654. The second-order valence-corrected chi connectivity index (χ2v) is 5.91. The molecule has 2 aromatic rings. The summed E-state index contributed by atoms with van der Waals surface area (Å²) in [5.74, 6) is 0.430. The van der Waals surface area contributed by atoms with Crippen LogP contribution < -0.4 is 10.5 Å². The molecule has 0 bridgehead atoms. The highest BCUT2D eigenvalue weighted by atomic mass is 16.5. The minimum atomic E-state index is -0.0826. The second-order valence-electron chi connectivity index (χ2n) is 5.91. The van der Waals surface area contributed by atoms with Crippen LogP contribution in [0.3, 0.4) is 0 Å². The van der Waals surface area contributed by atoms with Gasteiger partial charge in [0.05, 0.1) is 18.5 Å². The topological polar surface area (TPSA) is 76.6 Å². The molecule has 1 aliphatic rings. The normalized spacial score (nSPS) is 15.5. The van der Waals surface area contributed by atoms with Crippen LogP contribution in [-0.4, -0.2) is 65.3 Å². The van der Waals surface area contributed by atoms with Gasteiger partial charge in [-0.15, -0.1) is 0 Å². The molecule has 0 aliphatic carbocycles. The van der Waals surface area contributed by atoms with Crippen LogP contribution in [0, 0.1) is 0 Å². The van der Waals surface area contributed by atoms with Gasteiger partial charge in [-0.1, -0.05) is 0 Å². The van der Waals surface area contributed by atoms with Crippen LogP contribution in [0.25, 0.3) is 5.69 Å². The molecule has 1 amide bonds. The van der Waals surface area contributed by atoms with Crippen molar-refractivity contribution in [3.8, 4) is 11.4 Å². The van der Waals surface area contributed by atoms with E-state index in [1.807, 2.05) is 24.0 Å². The van der Waals surface area contributed by atoms with E-state index in [1.54, 1.807) is 23.0 Å². The minimum Gasteiger partial charge on any atom is -0.490 e. The molecular formula is C17H23N5O2. The fourth-order valence-electron chi connectivity index (χ4n) is 2.69. The van der Waals surface area contributed by atoms with Crippen LogP contribution in [0.4, 0.5) is 5.69 Å². The third-order valence-corrected chi connectivity index (χ3v) is 4.13. The predicted molar refractivity (Wildman–Crippen MR) is 92.5 cm³/mol. The van der Waals surface area contributed by atoms with Crippen LogP contribution in [0.1, 0.15) is 17.4 Å². The molecule has 1 aliphatic heterocycles. The number of nitrogen functional groups attached to an aromatic ring is 1. The number of carbonyl (C=O) groups excluding carboxylic acids is 1. The zero-order chi connectivity index (χ0) is 17.1. The first kappa shape index (κ1) is 16.3. The maximum atomic E-state index is 12.8. The van der Waals surface area contributed by atoms with Crippen molar-refractivity contribution in [3.05, 3.63) is 36.2 Å². The summed E-state index contributed by atoms with van der Waals surface area (Å²) < 4.78 is 7.29. The molecule has 2 N–H and O–H groups in total. The summed E-state index contributed by atoms with van der Waals surface area (Å²) in [6.07, 6.45) is 1.75. The largest absolute Gasteiger partial charge is 0.490 e. The van der Waals surface area contributed by atoms with Crippen LogP contribution in [0.5, 0.6) is 5.75 Å². The Kier molecular flexibility index (Phi) is 4.71. The van der Waals surface area contributed by atoms with Gasteiger partial charge in [-0.3, -0.25) is 4.79 Å². The number of hydrogen-bond donors (Lipinski definition) is 1. The van der Waals surface area contributed by atoms with E-state index in [9.17, 15) is 4.79 Å². The van der Waals surface area contributed by atoms with E-state index in [0.29, 0.717) is 36.8 Å². The van der Waals surface area contributed by atoms with Gasteiger partial charge < -0.3 is 20.3 Å². The molecule has 0 spiro atoms. The fourth-order valence-corrected chi connectivity index (χ4v) is 2.69. The third kappa shape index (κ3) is 3.35. The van der Waals surface area contributed by atoms with Crippen molar-refractivity contribution in [3.63, 3.8) is 0 Å². The number of aromatic nitrogens is 2. The van der Waals surface area contributed by atoms with Crippen LogP contribution in [-0.2, 0) is 0 Å². The average Bonchev–Trinajstić information content (AvgIpc) is 3.00. The van der Waals surface area contributed by atoms with E-state index >= 15 is 0 Å². The molecule has 2 heterocycles. The number of hydrogen-bond acceptors (Lipinski definition) is 5. The Morgan fingerprint density at radius 3 is 2.50 bits per heavy atom. The van der Waals surface area contributed by atoms with Gasteiger partial charge in [-0.05, 0) is 38.2 Å². The van der Waals surface area contributed by atoms with E-state index in [4.69, 9.17) is 10.5 Å². The van der Waals surface area contributed by atoms with Gasteiger partial charge in [-0.25, -0.2) is 4.68 Å². The van der Waals surface area contributed by atoms with Crippen molar-refractivity contribution in [2.75, 3.05) is 45.6 Å². The zero-order valence-corrected chi connectivity index (χ0v) is 14.1. The first-order chi connectivity index (χ1) is 11.6. The monoisotopic (exact) mass is 329 g/mol. The molecule has 7 heteroatoms. The first-order valence-electron chi connectivity index (χ1n) is 8.14. The fraction of sp³-hybridized carbons (Fsp3) is 0.412. The quantitative estimate of drug-likeness (QED) is 0.854. The maximum Gasteiger partial charge on any atom is 0.278 e. The molecule has 24 heavy (non-hydrogen) atoms. The highest BCUT2D eigenvalue weighted by Crippen LogP contribution is 2.22. The first-order valence-corrected chi connectivity index (χ1v) is 8.14. The van der Waals surface area contributed by atoms with Crippen molar-refractivity contribution < 1.29 is 9.53 Å². The molecule has 0 unspecified atom stereocenters. The number of nitrogens with two attached hydrogens (primary N) is 1. The summed E-state index contributed by atoms with van der Waals surface area (Å²) in [6, 6.07) is 7.34. The lowest BCUT2D eigenvalue weighted by atomic mass is 10.3. The lowest BCUT2D eigenvalue weighted by Crippen LogP contribution is -2.47. The molecule has 1 fully saturated rings. The third-order valence-electron chi connectivity index (χ3n) is 4.13. The summed E-state index contributed by atoms with van der Waals surface area (Å²) in [5.41, 5.74) is 7.61. The van der Waals surface area contributed by atoms with Crippen LogP contribution in [0.2, 0.25) is 0 Å². The van der Waals surface area contributed by atoms with Crippen LogP contribution in [0.15, 0.2) is 30.5 Å². The Morgan fingerprint density at radius 1 is 1.21 bits per heavy atom. The highest BCUT2D eigenvalue weighted by Gasteiger charge is 2.26. The van der Waals surface area contributed by atoms with Crippen molar-refractivity contribution >= 4 is 11.6 Å². The minimum absolute atomic E-state index is 0.0826. The number of anilines is 1. The van der Waals surface area contributed by atoms with E-state index in [-0.39, 0.29) is 5.91 Å². The predicted octanol–water partition coefficient (Wildman–Crippen LogP) is 1.24. The van der Waals surface area contributed by atoms with Crippen molar-refractivity contribution in [2.45, 2.75) is 6.92 Å². The number of ether oxygens (including phenoxy) is 1. The molecule has 1 saturated heterocycles. The molecule has 0 atom stereocenters. The molecular weight excluding hydrogens is 306 g/mol. The summed E-state index contributed by atoms with van der Waals surface area (Å²) in [5, 5.41) is 4.47. The molecule has 0 saturated carbocycles. The summed E-state index contributed by atoms with van der Waals surface area (Å²) in [7, 11) is 2.06. The van der Waals surface area contributed by atoms with Crippen molar-refractivity contribution in [1.82, 2.24) is 19.6 Å². The van der Waals surface area contributed by atoms with Gasteiger partial charge in [0.1, 0.15) is 0 Å². The second kappa shape index (κ2) is 6.92. The average molecular weight is 329 g/mol. The highest BCUT2D eigenvalue weighted by molar-refractivity contribution is 5.95. The maximum absolute atomic E-state index is 12.8. The Balaban J connectivity index is 1.88. The summed E-state index contributed by atoms with van der Waals surface area (Å²) in [4.78, 5) is 16.9. The van der Waals surface area contributed by atoms with E-state index < -0.39 is 0 Å². The molecule has 1 aromatic carbocycles. The summed E-state index contributed by atoms with van der Waals surface area (Å²) >= 11 is 0. The summed E-state index contributed by atoms with van der Waals surface area (Å²) in [6.45, 7) is 5.52. The van der Waals surface area contributed by atoms with Gasteiger partial charge in [0, 0.05) is 31.9 Å². The Hall–Kier alpha value is -2.54. The molecule has 0 radical (unpaired) electrons. The van der Waals surface area contributed by atoms with Gasteiger partial charge in [0.2, 0.25) is 0 Å². The molecule has 3 rings (SSSR count). The van der Waals surface area contributed by atoms with Gasteiger partial charge >= 0.3 is 0 Å². The molecule has 1 aromatic heterocycles. The lowest BCUT2D eigenvalue weighted by Gasteiger charge is -2.32. The number of carbonyl (C=O) groups is 1. The molecule has 7 nitrogen and oxygen atoms in total. The van der Waals surface area contributed by atoms with Crippen molar-refractivity contribution in [1.29, 1.82) is 0 Å². The van der Waals surface area contributed by atoms with Crippen molar-refractivity contribution in [2.24, 2.45) is 0 Å². The number of likely N-dealkylation sites (N-methyl/N-ethyl adjacent to an activating group) is 1. The number of amides is 1. The number of rotatable bonds is 4. The Bertz CT molecular complexity index is 702. The Morgan fingerprint density at radius 2 is 1.88 bits per heavy atom. The van der Waals surface area contributed by atoms with E-state index in [2.05, 4.69) is 17.0 Å². The standard InChI is InChI=1S/C17H23N5O2/c1-3-24-15-12-22(14-6-4-13(18)5-7-14)19-16(15)17(23)21-10-8-20(2)9-11-21/h4-7,12H,3,8-11,18H2,1-2H3. The molecule has 128 valence electrons. The van der Waals surface area contributed by atoms with E-state index in [1.165, 1.54) is 0 Å². The van der Waals surface area contributed by atoms with E-state index in [0.717, 1.165) is 18.8 Å². The Labute approximate surface area is 141 Å². The number of piperazine rings is 1. The SMILES string of the molecule is CCOc1cn(-c2ccc(N)cc2)nc1C(=O)N1CCN(C)CC1. The van der Waals surface area contributed by atoms with Gasteiger partial charge in [0.25, 0.3) is 5.91 Å². The van der Waals surface area contributed by atoms with Gasteiger partial charge in [0.15, 0.2) is 11.4 Å².